The van der Waals surface area contributed by atoms with Crippen LogP contribution in [0.25, 0.3) is 11.3 Å². The minimum absolute atomic E-state index is 0.152. The van der Waals surface area contributed by atoms with Crippen molar-refractivity contribution in [3.05, 3.63) is 34.9 Å². The van der Waals surface area contributed by atoms with Gasteiger partial charge >= 0.3 is 6.01 Å². The lowest BCUT2D eigenvalue weighted by Crippen LogP contribution is -2.18. The molecule has 0 radical (unpaired) electrons. The zero-order chi connectivity index (χ0) is 12.3. The Morgan fingerprint density at radius 2 is 2.00 bits per heavy atom. The summed E-state index contributed by atoms with van der Waals surface area (Å²) in [4.78, 5) is 19.3. The van der Waals surface area contributed by atoms with E-state index in [1.807, 2.05) is 6.92 Å². The summed E-state index contributed by atoms with van der Waals surface area (Å²) >= 11 is 0. The zero-order valence-electron chi connectivity index (χ0n) is 9.62. The zero-order valence-corrected chi connectivity index (χ0v) is 9.62. The van der Waals surface area contributed by atoms with Gasteiger partial charge in [-0.1, -0.05) is 0 Å². The van der Waals surface area contributed by atoms with E-state index in [0.29, 0.717) is 18.3 Å². The fourth-order valence-corrected chi connectivity index (χ4v) is 1.31. The topological polar surface area (TPSA) is 69.9 Å². The van der Waals surface area contributed by atoms with Crippen molar-refractivity contribution in [2.45, 2.75) is 6.92 Å². The SMILES string of the molecule is CCOc1ncc(-c2ccc(=O)n(C)n2)cn1. The standard InChI is InChI=1S/C11H12N4O2/c1-3-17-11-12-6-8(7-13-11)9-4-5-10(16)15(2)14-9/h4-7H,3H2,1-2H3. The van der Waals surface area contributed by atoms with E-state index in [0.717, 1.165) is 5.56 Å². The molecule has 2 rings (SSSR count). The van der Waals surface area contributed by atoms with Crippen molar-refractivity contribution in [3.63, 3.8) is 0 Å². The highest BCUT2D eigenvalue weighted by molar-refractivity contribution is 5.55. The molecule has 0 amide bonds. The van der Waals surface area contributed by atoms with Gasteiger partial charge in [-0.05, 0) is 13.0 Å². The molecule has 0 atom stereocenters. The predicted octanol–water partition coefficient (Wildman–Crippen LogP) is 0.636. The van der Waals surface area contributed by atoms with Gasteiger partial charge in [-0.25, -0.2) is 14.6 Å². The molecule has 0 N–H and O–H groups in total. The molecule has 6 heteroatoms. The van der Waals surface area contributed by atoms with Gasteiger partial charge in [-0.15, -0.1) is 0 Å². The quantitative estimate of drug-likeness (QED) is 0.776. The van der Waals surface area contributed by atoms with Crippen molar-refractivity contribution in [2.75, 3.05) is 6.61 Å². The van der Waals surface area contributed by atoms with E-state index in [1.165, 1.54) is 10.7 Å². The minimum atomic E-state index is -0.152. The van der Waals surface area contributed by atoms with Crippen LogP contribution in [0.3, 0.4) is 0 Å². The Bertz CT molecular complexity index is 562. The summed E-state index contributed by atoms with van der Waals surface area (Å²) in [5.41, 5.74) is 1.24. The number of aryl methyl sites for hydroxylation is 1. The van der Waals surface area contributed by atoms with E-state index < -0.39 is 0 Å². The summed E-state index contributed by atoms with van der Waals surface area (Å²) in [6.07, 6.45) is 3.23. The van der Waals surface area contributed by atoms with Crippen LogP contribution in [0, 0.1) is 0 Å². The van der Waals surface area contributed by atoms with Gasteiger partial charge in [0.25, 0.3) is 5.56 Å². The van der Waals surface area contributed by atoms with Crippen LogP contribution in [0.2, 0.25) is 0 Å². The van der Waals surface area contributed by atoms with Crippen molar-refractivity contribution in [1.29, 1.82) is 0 Å². The van der Waals surface area contributed by atoms with Gasteiger partial charge in [0.05, 0.1) is 12.3 Å². The maximum atomic E-state index is 11.2. The second-order valence-corrected chi connectivity index (χ2v) is 3.37. The van der Waals surface area contributed by atoms with Gasteiger partial charge in [-0.3, -0.25) is 4.79 Å². The first-order valence-corrected chi connectivity index (χ1v) is 5.20. The Morgan fingerprint density at radius 3 is 2.59 bits per heavy atom. The van der Waals surface area contributed by atoms with Crippen molar-refractivity contribution in [3.8, 4) is 17.3 Å². The normalized spacial score (nSPS) is 10.2. The molecule has 0 saturated heterocycles. The Labute approximate surface area is 97.9 Å². The van der Waals surface area contributed by atoms with Crippen LogP contribution < -0.4 is 10.3 Å². The van der Waals surface area contributed by atoms with Crippen LogP contribution >= 0.6 is 0 Å². The highest BCUT2D eigenvalue weighted by Gasteiger charge is 2.03. The summed E-state index contributed by atoms with van der Waals surface area (Å²) < 4.78 is 6.41. The fraction of sp³-hybridized carbons (Fsp3) is 0.273. The molecule has 17 heavy (non-hydrogen) atoms. The number of nitrogens with zero attached hydrogens (tertiary/aromatic N) is 4. The first-order chi connectivity index (χ1) is 8.20. The third-order valence-corrected chi connectivity index (χ3v) is 2.16. The minimum Gasteiger partial charge on any atom is -0.464 e. The molecule has 0 fully saturated rings. The molecule has 6 nitrogen and oxygen atoms in total. The number of ether oxygens (including phenoxy) is 1. The number of rotatable bonds is 3. The molecule has 0 aliphatic rings. The fourth-order valence-electron chi connectivity index (χ4n) is 1.31. The van der Waals surface area contributed by atoms with Crippen molar-refractivity contribution in [1.82, 2.24) is 19.7 Å². The van der Waals surface area contributed by atoms with Gasteiger partial charge in [0.15, 0.2) is 0 Å². The summed E-state index contributed by atoms with van der Waals surface area (Å²) in [7, 11) is 1.60. The lowest BCUT2D eigenvalue weighted by atomic mass is 10.2. The Hall–Kier alpha value is -2.24. The third-order valence-electron chi connectivity index (χ3n) is 2.16. The molecular formula is C11H12N4O2. The second kappa shape index (κ2) is 4.73. The highest BCUT2D eigenvalue weighted by atomic mass is 16.5. The van der Waals surface area contributed by atoms with Gasteiger partial charge in [-0.2, -0.15) is 5.10 Å². The van der Waals surface area contributed by atoms with E-state index in [1.54, 1.807) is 25.5 Å². The number of hydrogen-bond acceptors (Lipinski definition) is 5. The maximum Gasteiger partial charge on any atom is 0.316 e. The van der Waals surface area contributed by atoms with Crippen LogP contribution in [-0.2, 0) is 7.05 Å². The summed E-state index contributed by atoms with van der Waals surface area (Å²) in [5.74, 6) is 0. The van der Waals surface area contributed by atoms with Gasteiger partial charge in [0, 0.05) is 31.1 Å². The average molecular weight is 232 g/mol. The van der Waals surface area contributed by atoms with Crippen LogP contribution in [0.4, 0.5) is 0 Å². The molecule has 0 spiro atoms. The number of aromatic nitrogens is 4. The Kier molecular flexibility index (Phi) is 3.13. The van der Waals surface area contributed by atoms with Crippen molar-refractivity contribution >= 4 is 0 Å². The van der Waals surface area contributed by atoms with Crippen LogP contribution in [0.15, 0.2) is 29.3 Å². The molecule has 0 bridgehead atoms. The molecular weight excluding hydrogens is 220 g/mol. The van der Waals surface area contributed by atoms with Crippen molar-refractivity contribution < 1.29 is 4.74 Å². The summed E-state index contributed by atoms with van der Waals surface area (Å²) in [6.45, 7) is 2.39. The van der Waals surface area contributed by atoms with E-state index >= 15 is 0 Å². The Morgan fingerprint density at radius 1 is 1.29 bits per heavy atom. The van der Waals surface area contributed by atoms with Crippen LogP contribution in [0.1, 0.15) is 6.92 Å². The third kappa shape index (κ3) is 2.47. The first-order valence-electron chi connectivity index (χ1n) is 5.20. The van der Waals surface area contributed by atoms with E-state index in [9.17, 15) is 4.79 Å². The first kappa shape index (κ1) is 11.3. The van der Waals surface area contributed by atoms with Crippen LogP contribution in [0.5, 0.6) is 6.01 Å². The molecule has 2 heterocycles. The molecule has 0 aliphatic heterocycles. The average Bonchev–Trinajstić information content (AvgIpc) is 2.34. The lowest BCUT2D eigenvalue weighted by Gasteiger charge is -2.03. The summed E-state index contributed by atoms with van der Waals surface area (Å²) in [6, 6.07) is 3.43. The smallest absolute Gasteiger partial charge is 0.316 e. The van der Waals surface area contributed by atoms with E-state index in [2.05, 4.69) is 15.1 Å². The molecule has 88 valence electrons. The van der Waals surface area contributed by atoms with Crippen LogP contribution in [-0.4, -0.2) is 26.4 Å². The predicted molar refractivity (Wildman–Crippen MR) is 61.7 cm³/mol. The molecule has 2 aromatic heterocycles. The van der Waals surface area contributed by atoms with Gasteiger partial charge < -0.3 is 4.74 Å². The highest BCUT2D eigenvalue weighted by Crippen LogP contribution is 2.14. The molecule has 0 aliphatic carbocycles. The second-order valence-electron chi connectivity index (χ2n) is 3.37. The van der Waals surface area contributed by atoms with Gasteiger partial charge in [0.2, 0.25) is 0 Å². The van der Waals surface area contributed by atoms with E-state index in [4.69, 9.17) is 4.74 Å². The monoisotopic (exact) mass is 232 g/mol. The maximum absolute atomic E-state index is 11.2. The van der Waals surface area contributed by atoms with E-state index in [-0.39, 0.29) is 5.56 Å². The summed E-state index contributed by atoms with van der Waals surface area (Å²) in [5, 5.41) is 4.10. The van der Waals surface area contributed by atoms with Gasteiger partial charge in [0.1, 0.15) is 0 Å². The molecule has 0 saturated carbocycles. The van der Waals surface area contributed by atoms with Crippen molar-refractivity contribution in [2.24, 2.45) is 7.05 Å². The largest absolute Gasteiger partial charge is 0.464 e. The lowest BCUT2D eigenvalue weighted by molar-refractivity contribution is 0.312. The molecule has 2 aromatic rings. The molecule has 0 unspecified atom stereocenters. The number of hydrogen-bond donors (Lipinski definition) is 0. The Balaban J connectivity index is 2.33. The molecule has 0 aromatic carbocycles.